The Balaban J connectivity index is 1.32. The summed E-state index contributed by atoms with van der Waals surface area (Å²) >= 11 is 1.55. The molecule has 1 saturated carbocycles. The van der Waals surface area contributed by atoms with Crippen LogP contribution in [0.25, 0.3) is 0 Å². The standard InChI is InChI=1S/C22H27N3O2S/c26-20(23-22(9-4-10-22)19-6-2-1-3-7-19)16-24-11-5-12-25(14-13-24)21(27)18-8-15-28-17-18/h1-3,6-8,15,17H,4-5,9-14,16H2,(H,23,26). The molecule has 1 aromatic heterocycles. The molecule has 1 N–H and O–H groups in total. The zero-order chi connectivity index (χ0) is 19.4. The van der Waals surface area contributed by atoms with Crippen LogP contribution >= 0.6 is 11.3 Å². The first-order valence-corrected chi connectivity index (χ1v) is 11.0. The van der Waals surface area contributed by atoms with Crippen LogP contribution in [0.2, 0.25) is 0 Å². The Labute approximate surface area is 170 Å². The quantitative estimate of drug-likeness (QED) is 0.844. The minimum atomic E-state index is -0.189. The van der Waals surface area contributed by atoms with E-state index in [0.717, 1.165) is 50.9 Å². The number of amides is 2. The number of rotatable bonds is 5. The molecule has 5 nitrogen and oxygen atoms in total. The Hall–Kier alpha value is -2.18. The normalized spacial score (nSPS) is 19.5. The topological polar surface area (TPSA) is 52.7 Å². The number of nitrogens with zero attached hydrogens (tertiary/aromatic N) is 2. The summed E-state index contributed by atoms with van der Waals surface area (Å²) in [7, 11) is 0. The molecule has 2 aliphatic rings. The first-order valence-electron chi connectivity index (χ1n) is 10.1. The Kier molecular flexibility index (Phi) is 5.78. The summed E-state index contributed by atoms with van der Waals surface area (Å²) in [6.45, 7) is 3.41. The molecule has 2 amide bonds. The number of nitrogens with one attached hydrogen (secondary N) is 1. The van der Waals surface area contributed by atoms with Gasteiger partial charge in [0.1, 0.15) is 0 Å². The lowest BCUT2D eigenvalue weighted by Crippen LogP contribution is -2.53. The molecule has 4 rings (SSSR count). The van der Waals surface area contributed by atoms with Crippen LogP contribution in [0.4, 0.5) is 0 Å². The van der Waals surface area contributed by atoms with Gasteiger partial charge in [-0.05, 0) is 42.7 Å². The molecule has 0 atom stereocenters. The van der Waals surface area contributed by atoms with Crippen LogP contribution in [0.5, 0.6) is 0 Å². The third-order valence-corrected chi connectivity index (χ3v) is 6.61. The van der Waals surface area contributed by atoms with Crippen LogP contribution in [0.3, 0.4) is 0 Å². The van der Waals surface area contributed by atoms with Gasteiger partial charge >= 0.3 is 0 Å². The molecule has 0 spiro atoms. The van der Waals surface area contributed by atoms with E-state index in [1.54, 1.807) is 11.3 Å². The predicted octanol–water partition coefficient (Wildman–Crippen LogP) is 3.09. The third-order valence-electron chi connectivity index (χ3n) is 5.92. The van der Waals surface area contributed by atoms with Crippen LogP contribution < -0.4 is 5.32 Å². The maximum Gasteiger partial charge on any atom is 0.254 e. The molecule has 0 unspecified atom stereocenters. The van der Waals surface area contributed by atoms with Crippen molar-refractivity contribution in [3.05, 3.63) is 58.3 Å². The molecule has 0 radical (unpaired) electrons. The number of carbonyl (C=O) groups is 2. The van der Waals surface area contributed by atoms with Crippen molar-refractivity contribution in [2.24, 2.45) is 0 Å². The lowest BCUT2D eigenvalue weighted by atomic mass is 9.72. The Morgan fingerprint density at radius 3 is 2.50 bits per heavy atom. The van der Waals surface area contributed by atoms with E-state index in [1.165, 1.54) is 5.56 Å². The highest BCUT2D eigenvalue weighted by Crippen LogP contribution is 2.41. The van der Waals surface area contributed by atoms with Crippen molar-refractivity contribution in [1.82, 2.24) is 15.1 Å². The molecule has 2 heterocycles. The molecular weight excluding hydrogens is 370 g/mol. The van der Waals surface area contributed by atoms with Gasteiger partial charge < -0.3 is 10.2 Å². The molecule has 148 valence electrons. The zero-order valence-electron chi connectivity index (χ0n) is 16.1. The highest BCUT2D eigenvalue weighted by molar-refractivity contribution is 7.08. The fraction of sp³-hybridized carbons (Fsp3) is 0.455. The molecule has 28 heavy (non-hydrogen) atoms. The van der Waals surface area contributed by atoms with Crippen molar-refractivity contribution in [1.29, 1.82) is 0 Å². The molecule has 1 aromatic carbocycles. The summed E-state index contributed by atoms with van der Waals surface area (Å²) in [4.78, 5) is 29.4. The SMILES string of the molecule is O=C(CN1CCCN(C(=O)c2ccsc2)CC1)NC1(c2ccccc2)CCC1. The van der Waals surface area contributed by atoms with Crippen molar-refractivity contribution in [3.63, 3.8) is 0 Å². The molecule has 2 aromatic rings. The van der Waals surface area contributed by atoms with Gasteiger partial charge in [-0.3, -0.25) is 14.5 Å². The smallest absolute Gasteiger partial charge is 0.254 e. The average Bonchev–Trinajstić information content (AvgIpc) is 3.12. The van der Waals surface area contributed by atoms with Crippen LogP contribution in [-0.2, 0) is 10.3 Å². The molecule has 1 saturated heterocycles. The second kappa shape index (κ2) is 8.45. The van der Waals surface area contributed by atoms with Crippen molar-refractivity contribution < 1.29 is 9.59 Å². The first kappa shape index (κ1) is 19.2. The summed E-state index contributed by atoms with van der Waals surface area (Å²) in [5.41, 5.74) is 1.79. The van der Waals surface area contributed by atoms with Gasteiger partial charge in [0.15, 0.2) is 0 Å². The van der Waals surface area contributed by atoms with E-state index in [4.69, 9.17) is 0 Å². The first-order chi connectivity index (χ1) is 13.7. The maximum absolute atomic E-state index is 12.8. The van der Waals surface area contributed by atoms with Crippen LogP contribution in [0.1, 0.15) is 41.6 Å². The summed E-state index contributed by atoms with van der Waals surface area (Å²) in [5.74, 6) is 0.186. The summed E-state index contributed by atoms with van der Waals surface area (Å²) in [5, 5.41) is 7.15. The van der Waals surface area contributed by atoms with E-state index >= 15 is 0 Å². The number of benzene rings is 1. The largest absolute Gasteiger partial charge is 0.345 e. The predicted molar refractivity (Wildman–Crippen MR) is 111 cm³/mol. The van der Waals surface area contributed by atoms with Gasteiger partial charge in [0.2, 0.25) is 5.91 Å². The van der Waals surface area contributed by atoms with Gasteiger partial charge in [0.05, 0.1) is 17.6 Å². The summed E-state index contributed by atoms with van der Waals surface area (Å²) < 4.78 is 0. The Bertz CT molecular complexity index is 802. The second-order valence-corrected chi connectivity index (χ2v) is 8.56. The van der Waals surface area contributed by atoms with Crippen LogP contribution in [0, 0.1) is 0 Å². The van der Waals surface area contributed by atoms with E-state index in [0.29, 0.717) is 13.1 Å². The van der Waals surface area contributed by atoms with Crippen molar-refractivity contribution >= 4 is 23.2 Å². The fourth-order valence-corrected chi connectivity index (χ4v) is 4.81. The van der Waals surface area contributed by atoms with Crippen molar-refractivity contribution in [2.75, 3.05) is 32.7 Å². The highest BCUT2D eigenvalue weighted by atomic mass is 32.1. The number of carbonyl (C=O) groups excluding carboxylic acids is 2. The number of hydrogen-bond acceptors (Lipinski definition) is 4. The molecule has 2 fully saturated rings. The molecule has 1 aliphatic heterocycles. The molecule has 6 heteroatoms. The third kappa shape index (κ3) is 4.13. The maximum atomic E-state index is 12.8. The highest BCUT2D eigenvalue weighted by Gasteiger charge is 2.40. The van der Waals surface area contributed by atoms with Crippen LogP contribution in [0.15, 0.2) is 47.2 Å². The summed E-state index contributed by atoms with van der Waals surface area (Å²) in [6.07, 6.45) is 4.06. The van der Waals surface area contributed by atoms with Gasteiger partial charge in [0, 0.05) is 31.6 Å². The molecule has 1 aliphatic carbocycles. The van der Waals surface area contributed by atoms with E-state index in [2.05, 4.69) is 22.3 Å². The Morgan fingerprint density at radius 2 is 1.82 bits per heavy atom. The van der Waals surface area contributed by atoms with E-state index < -0.39 is 0 Å². The Morgan fingerprint density at radius 1 is 1.00 bits per heavy atom. The van der Waals surface area contributed by atoms with E-state index in [9.17, 15) is 9.59 Å². The summed E-state index contributed by atoms with van der Waals surface area (Å²) in [6, 6.07) is 12.2. The van der Waals surface area contributed by atoms with Crippen molar-refractivity contribution in [3.8, 4) is 0 Å². The van der Waals surface area contributed by atoms with Gasteiger partial charge in [-0.25, -0.2) is 0 Å². The zero-order valence-corrected chi connectivity index (χ0v) is 16.9. The van der Waals surface area contributed by atoms with Crippen molar-refractivity contribution in [2.45, 2.75) is 31.2 Å². The fourth-order valence-electron chi connectivity index (χ4n) is 4.18. The lowest BCUT2D eigenvalue weighted by molar-refractivity contribution is -0.125. The minimum Gasteiger partial charge on any atom is -0.345 e. The molecule has 0 bridgehead atoms. The average molecular weight is 398 g/mol. The van der Waals surface area contributed by atoms with Gasteiger partial charge in [-0.1, -0.05) is 30.3 Å². The van der Waals surface area contributed by atoms with Gasteiger partial charge in [-0.15, -0.1) is 0 Å². The number of thiophene rings is 1. The van der Waals surface area contributed by atoms with Crippen LogP contribution in [-0.4, -0.2) is 54.3 Å². The van der Waals surface area contributed by atoms with Gasteiger partial charge in [0.25, 0.3) is 5.91 Å². The monoisotopic (exact) mass is 397 g/mol. The molecular formula is C22H27N3O2S. The lowest BCUT2D eigenvalue weighted by Gasteiger charge is -2.43. The van der Waals surface area contributed by atoms with Gasteiger partial charge in [-0.2, -0.15) is 11.3 Å². The number of hydrogen-bond donors (Lipinski definition) is 1. The van der Waals surface area contributed by atoms with E-state index in [-0.39, 0.29) is 17.4 Å². The van der Waals surface area contributed by atoms with E-state index in [1.807, 2.05) is 39.9 Å². The second-order valence-electron chi connectivity index (χ2n) is 7.78. The minimum absolute atomic E-state index is 0.0844.